The van der Waals surface area contributed by atoms with Gasteiger partial charge in [-0.05, 0) is 37.9 Å². The molecule has 1 aromatic carbocycles. The molecule has 116 valence electrons. The van der Waals surface area contributed by atoms with Gasteiger partial charge in [0.25, 0.3) is 5.91 Å². The number of rotatable bonds is 4. The lowest BCUT2D eigenvalue weighted by atomic mass is 10.0. The van der Waals surface area contributed by atoms with Gasteiger partial charge < -0.3 is 10.2 Å². The summed E-state index contributed by atoms with van der Waals surface area (Å²) in [4.78, 5) is 14.6. The average molecular weight is 333 g/mol. The van der Waals surface area contributed by atoms with E-state index in [0.717, 1.165) is 45.0 Å². The number of benzene rings is 1. The molecular weight excluding hydrogens is 314 g/mol. The van der Waals surface area contributed by atoms with Gasteiger partial charge in [-0.2, -0.15) is 0 Å². The molecule has 1 N–H and O–H groups in total. The van der Waals surface area contributed by atoms with Crippen LogP contribution in [0.3, 0.4) is 0 Å². The summed E-state index contributed by atoms with van der Waals surface area (Å²) in [6.07, 6.45) is 2.94. The van der Waals surface area contributed by atoms with Crippen molar-refractivity contribution in [3.05, 3.63) is 33.6 Å². The first-order valence-corrected chi connectivity index (χ1v) is 7.94. The number of piperidine rings is 1. The summed E-state index contributed by atoms with van der Waals surface area (Å²) in [5.41, 5.74) is 0.134. The van der Waals surface area contributed by atoms with E-state index < -0.39 is 5.82 Å². The van der Waals surface area contributed by atoms with Gasteiger partial charge in [0.15, 0.2) is 0 Å². The molecule has 1 saturated heterocycles. The standard InChI is InChI=1S/C15H19Cl2FN2O/c1-2-5-20-6-3-10(4-7-20)19-15(21)11-8-14(18)13(17)9-12(11)16/h8-10H,2-7H2,1H3,(H,19,21). The van der Waals surface area contributed by atoms with Crippen molar-refractivity contribution in [2.24, 2.45) is 0 Å². The number of carbonyl (C=O) groups excluding carboxylic acids is 1. The third kappa shape index (κ3) is 4.31. The molecule has 1 heterocycles. The lowest BCUT2D eigenvalue weighted by molar-refractivity contribution is 0.0911. The summed E-state index contributed by atoms with van der Waals surface area (Å²) in [5, 5.41) is 3.02. The topological polar surface area (TPSA) is 32.3 Å². The van der Waals surface area contributed by atoms with Gasteiger partial charge >= 0.3 is 0 Å². The van der Waals surface area contributed by atoms with E-state index in [2.05, 4.69) is 17.1 Å². The Balaban J connectivity index is 1.95. The Hall–Kier alpha value is -0.840. The molecule has 0 unspecified atom stereocenters. The fraction of sp³-hybridized carbons (Fsp3) is 0.533. The van der Waals surface area contributed by atoms with Crippen LogP contribution < -0.4 is 5.32 Å². The normalized spacial score (nSPS) is 17.0. The summed E-state index contributed by atoms with van der Waals surface area (Å²) < 4.78 is 13.5. The number of halogens is 3. The Morgan fingerprint density at radius 2 is 2.00 bits per heavy atom. The highest BCUT2D eigenvalue weighted by atomic mass is 35.5. The molecule has 0 aliphatic carbocycles. The van der Waals surface area contributed by atoms with E-state index >= 15 is 0 Å². The number of likely N-dealkylation sites (tertiary alicyclic amines) is 1. The van der Waals surface area contributed by atoms with E-state index in [1.807, 2.05) is 0 Å². The molecule has 0 bridgehead atoms. The molecular formula is C15H19Cl2FN2O. The summed E-state index contributed by atoms with van der Waals surface area (Å²) in [5.74, 6) is -0.978. The fourth-order valence-corrected chi connectivity index (χ4v) is 3.05. The molecule has 1 fully saturated rings. The lowest BCUT2D eigenvalue weighted by Crippen LogP contribution is -2.44. The Labute approximate surface area is 134 Å². The highest BCUT2D eigenvalue weighted by Crippen LogP contribution is 2.24. The average Bonchev–Trinajstić information content (AvgIpc) is 2.45. The monoisotopic (exact) mass is 332 g/mol. The van der Waals surface area contributed by atoms with Crippen LogP contribution in [0.4, 0.5) is 4.39 Å². The minimum Gasteiger partial charge on any atom is -0.349 e. The molecule has 1 aliphatic heterocycles. The van der Waals surface area contributed by atoms with E-state index in [-0.39, 0.29) is 27.6 Å². The molecule has 3 nitrogen and oxygen atoms in total. The summed E-state index contributed by atoms with van der Waals surface area (Å²) in [6.45, 7) is 5.20. The van der Waals surface area contributed by atoms with Crippen molar-refractivity contribution in [1.29, 1.82) is 0 Å². The first-order valence-electron chi connectivity index (χ1n) is 7.19. The largest absolute Gasteiger partial charge is 0.349 e. The SMILES string of the molecule is CCCN1CCC(NC(=O)c2cc(F)c(Cl)cc2Cl)CC1. The molecule has 1 aromatic rings. The minimum atomic E-state index is -0.635. The van der Waals surface area contributed by atoms with Crippen molar-refractivity contribution < 1.29 is 9.18 Å². The van der Waals surface area contributed by atoms with Crippen LogP contribution in [0.15, 0.2) is 12.1 Å². The Kier molecular flexibility index (Phi) is 5.85. The van der Waals surface area contributed by atoms with Gasteiger partial charge in [-0.3, -0.25) is 4.79 Å². The van der Waals surface area contributed by atoms with Gasteiger partial charge in [0.05, 0.1) is 15.6 Å². The van der Waals surface area contributed by atoms with E-state index in [4.69, 9.17) is 23.2 Å². The maximum Gasteiger partial charge on any atom is 0.253 e. The van der Waals surface area contributed by atoms with Gasteiger partial charge in [-0.1, -0.05) is 30.1 Å². The maximum atomic E-state index is 13.5. The van der Waals surface area contributed by atoms with E-state index in [1.165, 1.54) is 6.07 Å². The second-order valence-electron chi connectivity index (χ2n) is 5.34. The van der Waals surface area contributed by atoms with Crippen LogP contribution in [0, 0.1) is 5.82 Å². The zero-order valence-electron chi connectivity index (χ0n) is 12.0. The first-order chi connectivity index (χ1) is 10.0. The molecule has 0 radical (unpaired) electrons. The molecule has 1 amide bonds. The molecule has 1 aliphatic rings. The van der Waals surface area contributed by atoms with Gasteiger partial charge in [-0.15, -0.1) is 0 Å². The van der Waals surface area contributed by atoms with Crippen LogP contribution in [0.1, 0.15) is 36.5 Å². The Morgan fingerprint density at radius 3 is 2.62 bits per heavy atom. The van der Waals surface area contributed by atoms with Gasteiger partial charge in [0.1, 0.15) is 5.82 Å². The van der Waals surface area contributed by atoms with Gasteiger partial charge in [0.2, 0.25) is 0 Å². The minimum absolute atomic E-state index is 0.0792. The quantitative estimate of drug-likeness (QED) is 0.852. The molecule has 0 aromatic heterocycles. The number of hydrogen-bond acceptors (Lipinski definition) is 2. The highest BCUT2D eigenvalue weighted by molar-refractivity contribution is 6.36. The van der Waals surface area contributed by atoms with E-state index in [0.29, 0.717) is 0 Å². The number of amides is 1. The lowest BCUT2D eigenvalue weighted by Gasteiger charge is -2.32. The highest BCUT2D eigenvalue weighted by Gasteiger charge is 2.22. The predicted octanol–water partition coefficient (Wildman–Crippen LogP) is 3.74. The zero-order chi connectivity index (χ0) is 15.4. The van der Waals surface area contributed by atoms with Crippen molar-refractivity contribution in [2.45, 2.75) is 32.2 Å². The summed E-state index contributed by atoms with van der Waals surface area (Å²) in [7, 11) is 0. The van der Waals surface area contributed by atoms with Crippen LogP contribution >= 0.6 is 23.2 Å². The fourth-order valence-electron chi connectivity index (χ4n) is 2.58. The van der Waals surface area contributed by atoms with Crippen molar-refractivity contribution in [2.75, 3.05) is 19.6 Å². The summed E-state index contributed by atoms with van der Waals surface area (Å²) >= 11 is 11.6. The molecule has 6 heteroatoms. The summed E-state index contributed by atoms with van der Waals surface area (Å²) in [6, 6.07) is 2.46. The third-order valence-corrected chi connectivity index (χ3v) is 4.32. The molecule has 2 rings (SSSR count). The van der Waals surface area contributed by atoms with Gasteiger partial charge in [-0.25, -0.2) is 4.39 Å². The number of carbonyl (C=O) groups is 1. The van der Waals surface area contributed by atoms with Crippen LogP contribution in [0.25, 0.3) is 0 Å². The first kappa shape index (κ1) is 16.5. The molecule has 0 saturated carbocycles. The second-order valence-corrected chi connectivity index (χ2v) is 6.15. The van der Waals surface area contributed by atoms with E-state index in [1.54, 1.807) is 0 Å². The van der Waals surface area contributed by atoms with Crippen molar-refractivity contribution in [3.8, 4) is 0 Å². The zero-order valence-corrected chi connectivity index (χ0v) is 13.5. The van der Waals surface area contributed by atoms with Crippen LogP contribution in [0.2, 0.25) is 10.0 Å². The van der Waals surface area contributed by atoms with E-state index in [9.17, 15) is 9.18 Å². The van der Waals surface area contributed by atoms with Crippen molar-refractivity contribution in [3.63, 3.8) is 0 Å². The predicted molar refractivity (Wildman–Crippen MR) is 83.6 cm³/mol. The third-order valence-electron chi connectivity index (χ3n) is 3.72. The smallest absolute Gasteiger partial charge is 0.253 e. The number of nitrogens with zero attached hydrogens (tertiary/aromatic N) is 1. The molecule has 0 spiro atoms. The Morgan fingerprint density at radius 1 is 1.33 bits per heavy atom. The van der Waals surface area contributed by atoms with Crippen molar-refractivity contribution in [1.82, 2.24) is 10.2 Å². The van der Waals surface area contributed by atoms with Crippen molar-refractivity contribution >= 4 is 29.1 Å². The second kappa shape index (κ2) is 7.43. The van der Waals surface area contributed by atoms with Crippen LogP contribution in [-0.4, -0.2) is 36.5 Å². The van der Waals surface area contributed by atoms with Crippen LogP contribution in [0.5, 0.6) is 0 Å². The van der Waals surface area contributed by atoms with Crippen LogP contribution in [-0.2, 0) is 0 Å². The van der Waals surface area contributed by atoms with Gasteiger partial charge in [0, 0.05) is 19.1 Å². The maximum absolute atomic E-state index is 13.5. The number of nitrogens with one attached hydrogen (secondary N) is 1. The molecule has 0 atom stereocenters. The Bertz CT molecular complexity index is 517. The number of hydrogen-bond donors (Lipinski definition) is 1. The molecule has 21 heavy (non-hydrogen) atoms.